The zero-order valence-corrected chi connectivity index (χ0v) is 14.8. The van der Waals surface area contributed by atoms with Gasteiger partial charge in [-0.2, -0.15) is 4.98 Å². The fourth-order valence-corrected chi connectivity index (χ4v) is 2.40. The zero-order chi connectivity index (χ0) is 19.1. The van der Waals surface area contributed by atoms with Crippen molar-refractivity contribution in [1.29, 1.82) is 0 Å². The van der Waals surface area contributed by atoms with Gasteiger partial charge in [0.2, 0.25) is 23.5 Å². The van der Waals surface area contributed by atoms with Crippen molar-refractivity contribution in [3.05, 3.63) is 60.2 Å². The van der Waals surface area contributed by atoms with E-state index in [-0.39, 0.29) is 18.2 Å². The normalized spacial score (nSPS) is 10.4. The molecule has 0 aliphatic heterocycles. The van der Waals surface area contributed by atoms with Gasteiger partial charge in [0.25, 0.3) is 0 Å². The SMILES string of the molecule is CNC(=O)Cc1ccc(NC(=O)CCc2nc(-c3ccncc3)no2)cc1. The molecule has 3 aromatic rings. The van der Waals surface area contributed by atoms with Crippen LogP contribution in [-0.2, 0) is 22.4 Å². The van der Waals surface area contributed by atoms with Crippen molar-refractivity contribution < 1.29 is 14.1 Å². The van der Waals surface area contributed by atoms with Crippen molar-refractivity contribution in [2.24, 2.45) is 0 Å². The Hall–Kier alpha value is -3.55. The van der Waals surface area contributed by atoms with Crippen LogP contribution in [0.3, 0.4) is 0 Å². The number of carbonyl (C=O) groups excluding carboxylic acids is 2. The van der Waals surface area contributed by atoms with Crippen LogP contribution in [0, 0.1) is 0 Å². The Morgan fingerprint density at radius 3 is 2.48 bits per heavy atom. The molecule has 0 aliphatic carbocycles. The first-order chi connectivity index (χ1) is 13.1. The lowest BCUT2D eigenvalue weighted by molar-refractivity contribution is -0.120. The molecular formula is C19H19N5O3. The monoisotopic (exact) mass is 365 g/mol. The molecule has 2 amide bonds. The number of nitrogens with one attached hydrogen (secondary N) is 2. The number of pyridine rings is 1. The third kappa shape index (κ3) is 5.21. The predicted octanol–water partition coefficient (Wildman–Crippen LogP) is 1.99. The molecule has 27 heavy (non-hydrogen) atoms. The van der Waals surface area contributed by atoms with E-state index in [4.69, 9.17) is 4.52 Å². The quantitative estimate of drug-likeness (QED) is 0.663. The Bertz CT molecular complexity index is 907. The van der Waals surface area contributed by atoms with Crippen molar-refractivity contribution in [2.45, 2.75) is 19.3 Å². The number of benzene rings is 1. The predicted molar refractivity (Wildman–Crippen MR) is 98.7 cm³/mol. The molecule has 2 aromatic heterocycles. The van der Waals surface area contributed by atoms with Gasteiger partial charge in [0.05, 0.1) is 6.42 Å². The van der Waals surface area contributed by atoms with Crippen molar-refractivity contribution in [2.75, 3.05) is 12.4 Å². The van der Waals surface area contributed by atoms with Crippen molar-refractivity contribution in [1.82, 2.24) is 20.4 Å². The first-order valence-electron chi connectivity index (χ1n) is 8.46. The fraction of sp³-hybridized carbons (Fsp3) is 0.211. The first kappa shape index (κ1) is 18.2. The van der Waals surface area contributed by atoms with E-state index in [1.165, 1.54) is 0 Å². The Balaban J connectivity index is 1.50. The molecule has 0 fully saturated rings. The van der Waals surface area contributed by atoms with Crippen LogP contribution in [-0.4, -0.2) is 34.0 Å². The number of hydrogen-bond acceptors (Lipinski definition) is 6. The molecule has 2 heterocycles. The van der Waals surface area contributed by atoms with Gasteiger partial charge in [-0.15, -0.1) is 0 Å². The Kier molecular flexibility index (Phi) is 5.88. The van der Waals surface area contributed by atoms with E-state index in [2.05, 4.69) is 25.8 Å². The van der Waals surface area contributed by atoms with Gasteiger partial charge in [0, 0.05) is 43.5 Å². The highest BCUT2D eigenvalue weighted by Crippen LogP contribution is 2.15. The van der Waals surface area contributed by atoms with Crippen LogP contribution in [0.4, 0.5) is 5.69 Å². The zero-order valence-electron chi connectivity index (χ0n) is 14.8. The summed E-state index contributed by atoms with van der Waals surface area (Å²) in [5.74, 6) is 0.660. The van der Waals surface area contributed by atoms with Gasteiger partial charge in [0.15, 0.2) is 0 Å². The molecule has 138 valence electrons. The van der Waals surface area contributed by atoms with Crippen LogP contribution in [0.1, 0.15) is 17.9 Å². The summed E-state index contributed by atoms with van der Waals surface area (Å²) in [7, 11) is 1.60. The number of rotatable bonds is 7. The molecule has 0 atom stereocenters. The molecule has 0 unspecified atom stereocenters. The summed E-state index contributed by atoms with van der Waals surface area (Å²) in [6.07, 6.45) is 4.18. The smallest absolute Gasteiger partial charge is 0.227 e. The van der Waals surface area contributed by atoms with Gasteiger partial charge in [-0.3, -0.25) is 14.6 Å². The van der Waals surface area contributed by atoms with Crippen LogP contribution < -0.4 is 10.6 Å². The molecule has 3 rings (SSSR count). The van der Waals surface area contributed by atoms with Crippen molar-refractivity contribution in [3.8, 4) is 11.4 Å². The maximum absolute atomic E-state index is 12.1. The molecule has 8 heteroatoms. The van der Waals surface area contributed by atoms with Crippen LogP contribution in [0.25, 0.3) is 11.4 Å². The van der Waals surface area contributed by atoms with E-state index in [0.717, 1.165) is 11.1 Å². The highest BCUT2D eigenvalue weighted by Gasteiger charge is 2.11. The Labute approximate surface area is 156 Å². The van der Waals surface area contributed by atoms with E-state index in [1.54, 1.807) is 43.7 Å². The second-order valence-electron chi connectivity index (χ2n) is 5.84. The number of anilines is 1. The molecule has 0 radical (unpaired) electrons. The minimum absolute atomic E-state index is 0.0579. The maximum atomic E-state index is 12.1. The molecule has 0 spiro atoms. The Morgan fingerprint density at radius 1 is 1.04 bits per heavy atom. The van der Waals surface area contributed by atoms with E-state index in [0.29, 0.717) is 30.2 Å². The number of amides is 2. The van der Waals surface area contributed by atoms with Gasteiger partial charge < -0.3 is 15.2 Å². The highest BCUT2D eigenvalue weighted by molar-refractivity contribution is 5.90. The fourth-order valence-electron chi connectivity index (χ4n) is 2.40. The van der Waals surface area contributed by atoms with Crippen LogP contribution in [0.15, 0.2) is 53.3 Å². The van der Waals surface area contributed by atoms with Gasteiger partial charge in [0.1, 0.15) is 0 Å². The lowest BCUT2D eigenvalue weighted by Crippen LogP contribution is -2.19. The number of aryl methyl sites for hydroxylation is 1. The van der Waals surface area contributed by atoms with E-state index in [9.17, 15) is 9.59 Å². The number of hydrogen-bond donors (Lipinski definition) is 2. The third-order valence-electron chi connectivity index (χ3n) is 3.85. The summed E-state index contributed by atoms with van der Waals surface area (Å²) >= 11 is 0. The Morgan fingerprint density at radius 2 is 1.78 bits per heavy atom. The van der Waals surface area contributed by atoms with E-state index < -0.39 is 0 Å². The van der Waals surface area contributed by atoms with Gasteiger partial charge >= 0.3 is 0 Å². The summed E-state index contributed by atoms with van der Waals surface area (Å²) in [5, 5.41) is 9.29. The molecule has 0 bridgehead atoms. The third-order valence-corrected chi connectivity index (χ3v) is 3.85. The van der Waals surface area contributed by atoms with E-state index >= 15 is 0 Å². The summed E-state index contributed by atoms with van der Waals surface area (Å²) < 4.78 is 5.18. The highest BCUT2D eigenvalue weighted by atomic mass is 16.5. The van der Waals surface area contributed by atoms with Crippen LogP contribution in [0.5, 0.6) is 0 Å². The number of aromatic nitrogens is 3. The molecule has 0 saturated heterocycles. The molecular weight excluding hydrogens is 346 g/mol. The van der Waals surface area contributed by atoms with Gasteiger partial charge in [-0.05, 0) is 29.8 Å². The van der Waals surface area contributed by atoms with Crippen LogP contribution in [0.2, 0.25) is 0 Å². The minimum Gasteiger partial charge on any atom is -0.359 e. The van der Waals surface area contributed by atoms with Crippen molar-refractivity contribution in [3.63, 3.8) is 0 Å². The second-order valence-corrected chi connectivity index (χ2v) is 5.84. The largest absolute Gasteiger partial charge is 0.359 e. The second kappa shape index (κ2) is 8.70. The summed E-state index contributed by atoms with van der Waals surface area (Å²) in [5.41, 5.74) is 2.35. The minimum atomic E-state index is -0.155. The number of carbonyl (C=O) groups is 2. The van der Waals surface area contributed by atoms with Gasteiger partial charge in [-0.1, -0.05) is 17.3 Å². The summed E-state index contributed by atoms with van der Waals surface area (Å²) in [6, 6.07) is 10.7. The molecule has 8 nitrogen and oxygen atoms in total. The average Bonchev–Trinajstić information content (AvgIpc) is 3.17. The lowest BCUT2D eigenvalue weighted by atomic mass is 10.1. The molecule has 0 saturated carbocycles. The van der Waals surface area contributed by atoms with Gasteiger partial charge in [-0.25, -0.2) is 0 Å². The number of nitrogens with zero attached hydrogens (tertiary/aromatic N) is 3. The maximum Gasteiger partial charge on any atom is 0.227 e. The summed E-state index contributed by atoms with van der Waals surface area (Å²) in [4.78, 5) is 31.7. The first-order valence-corrected chi connectivity index (χ1v) is 8.46. The topological polar surface area (TPSA) is 110 Å². The van der Waals surface area contributed by atoms with Crippen molar-refractivity contribution >= 4 is 17.5 Å². The average molecular weight is 365 g/mol. The molecule has 1 aromatic carbocycles. The standard InChI is InChI=1S/C19H19N5O3/c1-20-17(26)12-13-2-4-15(5-3-13)22-16(25)6-7-18-23-19(24-27-18)14-8-10-21-11-9-14/h2-5,8-11H,6-7,12H2,1H3,(H,20,26)(H,22,25). The van der Waals surface area contributed by atoms with Crippen LogP contribution >= 0.6 is 0 Å². The lowest BCUT2D eigenvalue weighted by Gasteiger charge is -2.06. The van der Waals surface area contributed by atoms with E-state index in [1.807, 2.05) is 12.1 Å². The molecule has 0 aliphatic rings. The molecule has 2 N–H and O–H groups in total. The number of likely N-dealkylation sites (N-methyl/N-ethyl adjacent to an activating group) is 1. The summed E-state index contributed by atoms with van der Waals surface area (Å²) in [6.45, 7) is 0.